The summed E-state index contributed by atoms with van der Waals surface area (Å²) in [5.41, 5.74) is 2.37. The van der Waals surface area contributed by atoms with Gasteiger partial charge >= 0.3 is 0 Å². The zero-order valence-corrected chi connectivity index (χ0v) is 21.6. The highest BCUT2D eigenvalue weighted by atomic mass is 35.5. The third-order valence-corrected chi connectivity index (χ3v) is 7.69. The lowest BCUT2D eigenvalue weighted by Gasteiger charge is -2.20. The number of sulfonamides is 1. The van der Waals surface area contributed by atoms with Gasteiger partial charge in [-0.3, -0.25) is 9.10 Å². The van der Waals surface area contributed by atoms with Crippen molar-refractivity contribution in [2.24, 2.45) is 0 Å². The van der Waals surface area contributed by atoms with Gasteiger partial charge in [0.05, 0.1) is 17.6 Å². The fourth-order valence-electron chi connectivity index (χ4n) is 3.06. The van der Waals surface area contributed by atoms with Gasteiger partial charge in [-0.1, -0.05) is 42.8 Å². The lowest BCUT2D eigenvalue weighted by atomic mass is 10.2. The van der Waals surface area contributed by atoms with Gasteiger partial charge in [-0.05, 0) is 60.5 Å². The third-order valence-electron chi connectivity index (χ3n) is 5.09. The lowest BCUT2D eigenvalue weighted by Crippen LogP contribution is -2.32. The second-order valence-corrected chi connectivity index (χ2v) is 11.1. The van der Waals surface area contributed by atoms with E-state index in [1.807, 2.05) is 55.5 Å². The number of benzene rings is 3. The molecule has 0 radical (unpaired) electrons. The van der Waals surface area contributed by atoms with E-state index in [-0.39, 0.29) is 5.91 Å². The van der Waals surface area contributed by atoms with Crippen LogP contribution in [0.3, 0.4) is 0 Å². The number of nitrogens with one attached hydrogen (secondary N) is 1. The molecule has 0 saturated heterocycles. The standard InChI is InChI=1S/C25H27ClN2O4S2/c1-4-23(32-21-15-13-20(14-16-21)28(2)34(3,30)31)25(29)27-22-7-5-6-8-24(22)33-17-18-9-11-19(26)12-10-18/h5-16,23H,4,17H2,1-3H3,(H,27,29)/t23-/m0/s1. The highest BCUT2D eigenvalue weighted by Crippen LogP contribution is 2.30. The summed E-state index contributed by atoms with van der Waals surface area (Å²) in [7, 11) is -1.87. The maximum atomic E-state index is 13.0. The highest BCUT2D eigenvalue weighted by molar-refractivity contribution is 7.98. The van der Waals surface area contributed by atoms with Crippen LogP contribution in [0.15, 0.2) is 77.7 Å². The van der Waals surface area contributed by atoms with Gasteiger partial charge in [-0.25, -0.2) is 8.42 Å². The molecule has 1 amide bonds. The highest BCUT2D eigenvalue weighted by Gasteiger charge is 2.20. The van der Waals surface area contributed by atoms with Gasteiger partial charge in [0.25, 0.3) is 5.91 Å². The second kappa shape index (κ2) is 11.6. The number of ether oxygens (including phenoxy) is 1. The van der Waals surface area contributed by atoms with Crippen LogP contribution in [0.2, 0.25) is 5.02 Å². The van der Waals surface area contributed by atoms with E-state index in [4.69, 9.17) is 16.3 Å². The molecule has 9 heteroatoms. The molecule has 0 aliphatic carbocycles. The molecule has 0 saturated carbocycles. The molecule has 0 aliphatic heterocycles. The van der Waals surface area contributed by atoms with E-state index in [9.17, 15) is 13.2 Å². The smallest absolute Gasteiger partial charge is 0.265 e. The van der Waals surface area contributed by atoms with Crippen molar-refractivity contribution in [2.75, 3.05) is 22.9 Å². The molecule has 0 aliphatic rings. The minimum Gasteiger partial charge on any atom is -0.481 e. The minimum atomic E-state index is -3.35. The van der Waals surface area contributed by atoms with E-state index in [1.54, 1.807) is 36.0 Å². The van der Waals surface area contributed by atoms with E-state index < -0.39 is 16.1 Å². The zero-order chi connectivity index (χ0) is 24.7. The van der Waals surface area contributed by atoms with Crippen molar-refractivity contribution in [3.8, 4) is 5.75 Å². The van der Waals surface area contributed by atoms with Gasteiger partial charge in [0.15, 0.2) is 6.10 Å². The summed E-state index contributed by atoms with van der Waals surface area (Å²) in [5, 5.41) is 3.68. The minimum absolute atomic E-state index is 0.251. The first kappa shape index (κ1) is 25.9. The normalized spacial score (nSPS) is 12.1. The summed E-state index contributed by atoms with van der Waals surface area (Å²) in [6, 6.07) is 21.9. The number of para-hydroxylation sites is 1. The molecular weight excluding hydrogens is 492 g/mol. The molecule has 3 rings (SSSR count). The molecule has 3 aromatic carbocycles. The summed E-state index contributed by atoms with van der Waals surface area (Å²) in [6.07, 6.45) is 0.907. The number of hydrogen-bond donors (Lipinski definition) is 1. The predicted molar refractivity (Wildman–Crippen MR) is 140 cm³/mol. The molecule has 0 aromatic heterocycles. The Morgan fingerprint density at radius 1 is 1.06 bits per heavy atom. The summed E-state index contributed by atoms with van der Waals surface area (Å²) in [4.78, 5) is 13.9. The van der Waals surface area contributed by atoms with E-state index in [1.165, 1.54) is 11.4 Å². The van der Waals surface area contributed by atoms with E-state index in [0.29, 0.717) is 22.9 Å². The van der Waals surface area contributed by atoms with Crippen LogP contribution in [0.25, 0.3) is 0 Å². The Kier molecular flexibility index (Phi) is 8.88. The molecule has 0 spiro atoms. The van der Waals surface area contributed by atoms with Crippen molar-refractivity contribution in [1.29, 1.82) is 0 Å². The molecule has 3 aromatic rings. The lowest BCUT2D eigenvalue weighted by molar-refractivity contribution is -0.122. The SMILES string of the molecule is CC[C@H](Oc1ccc(N(C)S(C)(=O)=O)cc1)C(=O)Nc1ccccc1SCc1ccc(Cl)cc1. The predicted octanol–water partition coefficient (Wildman–Crippen LogP) is 5.82. The molecule has 1 N–H and O–H groups in total. The monoisotopic (exact) mass is 518 g/mol. The van der Waals surface area contributed by atoms with Crippen molar-refractivity contribution in [3.05, 3.63) is 83.4 Å². The fourth-order valence-corrected chi connectivity index (χ4v) is 4.66. The third kappa shape index (κ3) is 7.16. The molecule has 34 heavy (non-hydrogen) atoms. The van der Waals surface area contributed by atoms with Crippen LogP contribution < -0.4 is 14.4 Å². The van der Waals surface area contributed by atoms with E-state index in [0.717, 1.165) is 28.2 Å². The Bertz CT molecular complexity index is 1220. The molecule has 0 bridgehead atoms. The van der Waals surface area contributed by atoms with Crippen LogP contribution in [0.4, 0.5) is 11.4 Å². The average Bonchev–Trinajstić information content (AvgIpc) is 2.82. The number of nitrogens with zero attached hydrogens (tertiary/aromatic N) is 1. The van der Waals surface area contributed by atoms with Gasteiger partial charge in [0, 0.05) is 22.7 Å². The number of hydrogen-bond acceptors (Lipinski definition) is 5. The maximum absolute atomic E-state index is 13.0. The van der Waals surface area contributed by atoms with Crippen LogP contribution in [0.1, 0.15) is 18.9 Å². The second-order valence-electron chi connectivity index (χ2n) is 7.64. The van der Waals surface area contributed by atoms with E-state index in [2.05, 4.69) is 5.32 Å². The number of amides is 1. The summed E-state index contributed by atoms with van der Waals surface area (Å²) < 4.78 is 30.5. The molecule has 1 atom stereocenters. The van der Waals surface area contributed by atoms with Gasteiger partial charge in [-0.2, -0.15) is 0 Å². The fraction of sp³-hybridized carbons (Fsp3) is 0.240. The molecular formula is C25H27ClN2O4S2. The number of carbonyl (C=O) groups is 1. The van der Waals surface area contributed by atoms with Crippen molar-refractivity contribution in [2.45, 2.75) is 30.1 Å². The first-order chi connectivity index (χ1) is 16.2. The zero-order valence-electron chi connectivity index (χ0n) is 19.2. The Hall–Kier alpha value is -2.68. The Morgan fingerprint density at radius 3 is 2.32 bits per heavy atom. The molecule has 0 heterocycles. The van der Waals surface area contributed by atoms with Crippen molar-refractivity contribution in [3.63, 3.8) is 0 Å². The van der Waals surface area contributed by atoms with Gasteiger partial charge < -0.3 is 10.1 Å². The molecule has 180 valence electrons. The Labute approximate surface area is 210 Å². The van der Waals surface area contributed by atoms with E-state index >= 15 is 0 Å². The first-order valence-electron chi connectivity index (χ1n) is 10.6. The van der Waals surface area contributed by atoms with Crippen LogP contribution in [-0.2, 0) is 20.6 Å². The van der Waals surface area contributed by atoms with Crippen LogP contribution in [0.5, 0.6) is 5.75 Å². The molecule has 0 unspecified atom stereocenters. The largest absolute Gasteiger partial charge is 0.481 e. The maximum Gasteiger partial charge on any atom is 0.265 e. The number of rotatable bonds is 10. The van der Waals surface area contributed by atoms with Gasteiger partial charge in [-0.15, -0.1) is 11.8 Å². The quantitative estimate of drug-likeness (QED) is 0.342. The first-order valence-corrected chi connectivity index (χ1v) is 13.9. The number of carbonyl (C=O) groups excluding carboxylic acids is 1. The van der Waals surface area contributed by atoms with Crippen LogP contribution in [0, 0.1) is 0 Å². The summed E-state index contributed by atoms with van der Waals surface area (Å²) in [6.45, 7) is 1.87. The number of halogens is 1. The molecule has 6 nitrogen and oxygen atoms in total. The Morgan fingerprint density at radius 2 is 1.71 bits per heavy atom. The van der Waals surface area contributed by atoms with Crippen LogP contribution in [-0.4, -0.2) is 33.7 Å². The van der Waals surface area contributed by atoms with Crippen molar-refractivity contribution in [1.82, 2.24) is 0 Å². The summed E-state index contributed by atoms with van der Waals surface area (Å²) >= 11 is 7.58. The summed E-state index contributed by atoms with van der Waals surface area (Å²) in [5.74, 6) is 0.976. The van der Waals surface area contributed by atoms with Gasteiger partial charge in [0.2, 0.25) is 10.0 Å². The van der Waals surface area contributed by atoms with Crippen LogP contribution >= 0.6 is 23.4 Å². The average molecular weight is 519 g/mol. The van der Waals surface area contributed by atoms with Crippen molar-refractivity contribution >= 4 is 50.7 Å². The molecule has 0 fully saturated rings. The number of anilines is 2. The number of thioether (sulfide) groups is 1. The van der Waals surface area contributed by atoms with Gasteiger partial charge in [0.1, 0.15) is 5.75 Å². The van der Waals surface area contributed by atoms with Crippen molar-refractivity contribution < 1.29 is 17.9 Å². The Balaban J connectivity index is 1.65. The topological polar surface area (TPSA) is 75.7 Å².